The van der Waals surface area contributed by atoms with Crippen LogP contribution in [-0.2, 0) is 28.5 Å². The second-order valence-electron chi connectivity index (χ2n) is 11.3. The maximum absolute atomic E-state index is 11.7. The molecule has 0 amide bonds. The van der Waals surface area contributed by atoms with Crippen LogP contribution in [0.25, 0.3) is 0 Å². The fraction of sp³-hybridized carbons (Fsp3) is 0.920. The summed E-state index contributed by atoms with van der Waals surface area (Å²) in [6, 6.07) is 0. The van der Waals surface area contributed by atoms with Gasteiger partial charge >= 0.3 is 11.9 Å². The van der Waals surface area contributed by atoms with E-state index >= 15 is 0 Å². The van der Waals surface area contributed by atoms with Gasteiger partial charge in [-0.2, -0.15) is 0 Å². The highest BCUT2D eigenvalue weighted by molar-refractivity contribution is 5.90. The second kappa shape index (κ2) is 13.2. The van der Waals surface area contributed by atoms with E-state index in [1.165, 1.54) is 7.11 Å². The Morgan fingerprint density at radius 3 is 2.25 bits per heavy atom. The number of carboxylic acid groups (broad SMARTS) is 1. The van der Waals surface area contributed by atoms with Crippen molar-refractivity contribution in [3.05, 3.63) is 0 Å². The number of rotatable bonds is 8. The van der Waals surface area contributed by atoms with Gasteiger partial charge in [0.2, 0.25) is 0 Å². The summed E-state index contributed by atoms with van der Waals surface area (Å²) >= 11 is 0. The summed E-state index contributed by atoms with van der Waals surface area (Å²) < 4.78 is 26.9. The van der Waals surface area contributed by atoms with E-state index in [9.17, 15) is 45.3 Å². The molecule has 2 heterocycles. The minimum atomic E-state index is -1.76. The molecule has 40 heavy (non-hydrogen) atoms. The molecule has 230 valence electrons. The lowest BCUT2D eigenvalue weighted by Gasteiger charge is -2.49. The standard InChI is InChI=1S/C25H40O15/c1-36-15-3-9(2-13(28)20(15)32)24-16(6-11-12(27)4-10(26)5-14(11)38-24)39-25-23(35)22(34)21(33)17(40-25)8-37-19(31)7-18(29)30/h9-17,20-28,32-35H,2-8H2,1H3,(H,29,30)/p+1/t9?,10?,11?,12?,13?,14?,15?,16?,17-,20?,21-,22+,23-,24?,25-/m0/s1. The molecule has 2 aliphatic carbocycles. The van der Waals surface area contributed by atoms with E-state index < -0.39 is 105 Å². The topological polar surface area (TPSA) is 246 Å². The van der Waals surface area contributed by atoms with Gasteiger partial charge in [0.05, 0.1) is 30.3 Å². The Morgan fingerprint density at radius 2 is 1.57 bits per heavy atom. The number of hydrogen-bond donors (Lipinski definition) is 8. The number of carbonyl (C=O) groups is 2. The van der Waals surface area contributed by atoms with Crippen molar-refractivity contribution in [2.45, 2.75) is 118 Å². The summed E-state index contributed by atoms with van der Waals surface area (Å²) in [5.74, 6) is -3.23. The number of aliphatic hydroxyl groups excluding tert-OH is 7. The number of aliphatic hydroxyl groups is 9. The van der Waals surface area contributed by atoms with Crippen LogP contribution in [0.2, 0.25) is 0 Å². The highest BCUT2D eigenvalue weighted by atomic mass is 16.7. The quantitative estimate of drug-likeness (QED) is 0.0777. The van der Waals surface area contributed by atoms with Crippen molar-refractivity contribution >= 4 is 11.9 Å². The van der Waals surface area contributed by atoms with Gasteiger partial charge in [-0.3, -0.25) is 9.59 Å². The lowest BCUT2D eigenvalue weighted by molar-refractivity contribution is -0.357. The van der Waals surface area contributed by atoms with Crippen molar-refractivity contribution < 1.29 is 74.1 Å². The Morgan fingerprint density at radius 1 is 0.850 bits per heavy atom. The average molecular weight is 582 g/mol. The molecule has 2 saturated carbocycles. The molecule has 2 saturated heterocycles. The molecule has 4 fully saturated rings. The lowest BCUT2D eigenvalue weighted by atomic mass is 9.72. The third-order valence-electron chi connectivity index (χ3n) is 8.59. The lowest BCUT2D eigenvalue weighted by Crippen LogP contribution is -2.63. The first-order valence-corrected chi connectivity index (χ1v) is 13.6. The Kier molecular flexibility index (Phi) is 10.4. The summed E-state index contributed by atoms with van der Waals surface area (Å²) in [4.78, 5) is 22.4. The highest BCUT2D eigenvalue weighted by Crippen LogP contribution is 2.42. The van der Waals surface area contributed by atoms with Crippen LogP contribution in [0.3, 0.4) is 0 Å². The van der Waals surface area contributed by atoms with Crippen molar-refractivity contribution in [2.24, 2.45) is 11.8 Å². The summed E-state index contributed by atoms with van der Waals surface area (Å²) in [5, 5.41) is 82.0. The molecule has 15 heteroatoms. The second-order valence-corrected chi connectivity index (χ2v) is 11.3. The Balaban J connectivity index is 1.52. The van der Waals surface area contributed by atoms with Crippen molar-refractivity contribution in [1.82, 2.24) is 0 Å². The highest BCUT2D eigenvalue weighted by Gasteiger charge is 2.55. The minimum Gasteiger partial charge on any atom is -0.481 e. The van der Waals surface area contributed by atoms with E-state index in [1.807, 2.05) is 0 Å². The summed E-state index contributed by atoms with van der Waals surface area (Å²) in [7, 11) is 1.42. The van der Waals surface area contributed by atoms with Crippen molar-refractivity contribution in [2.75, 3.05) is 13.7 Å². The molecule has 4 rings (SSSR count). The normalized spacial score (nSPS) is 47.8. The average Bonchev–Trinajstić information content (AvgIpc) is 2.89. The largest absolute Gasteiger partial charge is 0.481 e. The van der Waals surface area contributed by atoms with Crippen LogP contribution in [-0.4, -0.2) is 151 Å². The van der Waals surface area contributed by atoms with E-state index in [0.717, 1.165) is 0 Å². The number of methoxy groups -OCH3 is 1. The van der Waals surface area contributed by atoms with Crippen LogP contribution in [0, 0.1) is 11.8 Å². The molecule has 15 atom stereocenters. The number of hydrogen-bond acceptors (Lipinski definition) is 13. The fourth-order valence-electron chi connectivity index (χ4n) is 6.47. The van der Waals surface area contributed by atoms with Crippen LogP contribution < -0.4 is 0 Å². The maximum atomic E-state index is 11.7. The SMILES string of the molecule is COC1CC(C2[OH+]C3CC(O)CC(O)C3CC2O[C@H]2O[C@@H](COC(=O)CC(=O)O)[C@H](O)[C@@H](O)[C@@H]2O)CC(O)C1O. The molecule has 9 N–H and O–H groups in total. The first-order valence-electron chi connectivity index (χ1n) is 13.6. The third-order valence-corrected chi connectivity index (χ3v) is 8.59. The molecule has 0 aromatic heterocycles. The van der Waals surface area contributed by atoms with E-state index in [0.29, 0.717) is 12.8 Å². The van der Waals surface area contributed by atoms with E-state index in [1.54, 1.807) is 0 Å². The van der Waals surface area contributed by atoms with Crippen molar-refractivity contribution in [1.29, 1.82) is 0 Å². The number of esters is 1. The molecule has 0 bridgehead atoms. The molecule has 10 unspecified atom stereocenters. The van der Waals surface area contributed by atoms with Gasteiger partial charge < -0.3 is 64.5 Å². The van der Waals surface area contributed by atoms with E-state index in [4.69, 9.17) is 28.8 Å². The predicted octanol–water partition coefficient (Wildman–Crippen LogP) is -3.86. The molecular formula is C25H41O15+. The molecule has 0 radical (unpaired) electrons. The van der Waals surface area contributed by atoms with Gasteiger partial charge in [-0.25, -0.2) is 0 Å². The Hall–Kier alpha value is -1.50. The number of ether oxygens (including phenoxy) is 5. The van der Waals surface area contributed by atoms with Crippen molar-refractivity contribution in [3.8, 4) is 0 Å². The molecule has 0 aromatic carbocycles. The molecule has 2 aliphatic heterocycles. The van der Waals surface area contributed by atoms with Crippen molar-refractivity contribution in [3.63, 3.8) is 0 Å². The van der Waals surface area contributed by atoms with Crippen LogP contribution in [0.1, 0.15) is 38.5 Å². The number of carboxylic acids is 1. The molecule has 4 aliphatic rings. The first-order chi connectivity index (χ1) is 18.9. The van der Waals surface area contributed by atoms with Crippen LogP contribution >= 0.6 is 0 Å². The van der Waals surface area contributed by atoms with Crippen LogP contribution in [0.5, 0.6) is 0 Å². The zero-order chi connectivity index (χ0) is 29.3. The number of aliphatic carboxylic acids is 1. The van der Waals surface area contributed by atoms with Gasteiger partial charge in [0.1, 0.15) is 49.7 Å². The third kappa shape index (κ3) is 6.93. The maximum Gasteiger partial charge on any atom is 0.317 e. The number of fused-ring (bicyclic) bond motifs is 1. The van der Waals surface area contributed by atoms with Gasteiger partial charge in [0.25, 0.3) is 0 Å². The zero-order valence-electron chi connectivity index (χ0n) is 22.1. The summed E-state index contributed by atoms with van der Waals surface area (Å²) in [5.41, 5.74) is 0. The van der Waals surface area contributed by atoms with Gasteiger partial charge in [0, 0.05) is 25.9 Å². The molecule has 15 nitrogen and oxygen atoms in total. The molecule has 0 spiro atoms. The minimum absolute atomic E-state index is 0.158. The van der Waals surface area contributed by atoms with Gasteiger partial charge in [-0.1, -0.05) is 0 Å². The van der Waals surface area contributed by atoms with Crippen LogP contribution in [0.4, 0.5) is 0 Å². The first kappa shape index (κ1) is 31.4. The molecular weight excluding hydrogens is 540 g/mol. The predicted molar refractivity (Wildman–Crippen MR) is 129 cm³/mol. The molecule has 0 aromatic rings. The Bertz CT molecular complexity index is 873. The smallest absolute Gasteiger partial charge is 0.317 e. The van der Waals surface area contributed by atoms with Crippen LogP contribution in [0.15, 0.2) is 0 Å². The monoisotopic (exact) mass is 581 g/mol. The summed E-state index contributed by atoms with van der Waals surface area (Å²) in [6.07, 6.45) is -14.1. The Labute approximate surface area is 230 Å². The fourth-order valence-corrected chi connectivity index (χ4v) is 6.47. The van der Waals surface area contributed by atoms with Gasteiger partial charge in [0.15, 0.2) is 18.5 Å². The van der Waals surface area contributed by atoms with E-state index in [-0.39, 0.29) is 31.1 Å². The number of carbonyl (C=O) groups excluding carboxylic acids is 1. The van der Waals surface area contributed by atoms with Gasteiger partial charge in [-0.15, -0.1) is 0 Å². The van der Waals surface area contributed by atoms with Gasteiger partial charge in [-0.05, 0) is 19.3 Å². The van der Waals surface area contributed by atoms with E-state index in [2.05, 4.69) is 0 Å². The summed E-state index contributed by atoms with van der Waals surface area (Å²) in [6.45, 7) is -0.612. The zero-order valence-corrected chi connectivity index (χ0v) is 22.1.